The van der Waals surface area contributed by atoms with Crippen molar-refractivity contribution in [2.45, 2.75) is 32.2 Å². The number of hydrogen-bond acceptors (Lipinski definition) is 5. The van der Waals surface area contributed by atoms with Gasteiger partial charge in [0.15, 0.2) is 0 Å². The number of anilines is 2. The highest BCUT2D eigenvalue weighted by molar-refractivity contribution is 7.92. The molecule has 34 heavy (non-hydrogen) atoms. The van der Waals surface area contributed by atoms with E-state index in [4.69, 9.17) is 11.6 Å². The van der Waals surface area contributed by atoms with Crippen LogP contribution in [0.5, 0.6) is 0 Å². The van der Waals surface area contributed by atoms with Gasteiger partial charge in [0, 0.05) is 17.8 Å². The Morgan fingerprint density at radius 1 is 1.06 bits per heavy atom. The smallest absolute Gasteiger partial charge is 0.308 e. The molecule has 2 N–H and O–H groups in total. The number of carbonyl (C=O) groups excluding carboxylic acids is 1. The molecule has 0 unspecified atom stereocenters. The zero-order chi connectivity index (χ0) is 24.6. The normalized spacial score (nSPS) is 11.5. The number of nitrogens with zero attached hydrogens (tertiary/aromatic N) is 1. The Bertz CT molecular complexity index is 1590. The van der Waals surface area contributed by atoms with Crippen molar-refractivity contribution in [3.8, 4) is 0 Å². The number of carbonyl (C=O) groups is 1. The summed E-state index contributed by atoms with van der Waals surface area (Å²) in [7, 11) is -4.04. The molecule has 0 radical (unpaired) electrons. The minimum Gasteiger partial charge on any atom is -0.322 e. The molecule has 0 bridgehead atoms. The van der Waals surface area contributed by atoms with E-state index < -0.39 is 15.9 Å². The molecule has 0 saturated carbocycles. The van der Waals surface area contributed by atoms with Gasteiger partial charge in [0.1, 0.15) is 4.90 Å². The van der Waals surface area contributed by atoms with Gasteiger partial charge in [-0.15, -0.1) is 0 Å². The predicted molar refractivity (Wildman–Crippen MR) is 138 cm³/mol. The lowest BCUT2D eigenvalue weighted by Gasteiger charge is -2.13. The van der Waals surface area contributed by atoms with Gasteiger partial charge in [0.25, 0.3) is 15.9 Å². The Labute approximate surface area is 206 Å². The maximum Gasteiger partial charge on any atom is 0.308 e. The summed E-state index contributed by atoms with van der Waals surface area (Å²) in [5, 5.41) is 2.76. The van der Waals surface area contributed by atoms with Gasteiger partial charge < -0.3 is 5.32 Å². The van der Waals surface area contributed by atoms with E-state index in [1.165, 1.54) is 18.2 Å². The van der Waals surface area contributed by atoms with Crippen LogP contribution in [-0.2, 0) is 16.6 Å². The minimum atomic E-state index is -4.04. The van der Waals surface area contributed by atoms with Crippen molar-refractivity contribution in [2.75, 3.05) is 10.0 Å². The van der Waals surface area contributed by atoms with Crippen molar-refractivity contribution in [3.05, 3.63) is 86.0 Å². The fraction of sp³-hybridized carbons (Fsp3) is 0.167. The van der Waals surface area contributed by atoms with Crippen LogP contribution in [0.2, 0.25) is 5.02 Å². The van der Waals surface area contributed by atoms with Gasteiger partial charge in [-0.2, -0.15) is 0 Å². The maximum atomic E-state index is 13.0. The molecule has 0 saturated heterocycles. The van der Waals surface area contributed by atoms with E-state index in [2.05, 4.69) is 10.0 Å². The van der Waals surface area contributed by atoms with Crippen LogP contribution in [-0.4, -0.2) is 18.9 Å². The number of nitrogens with one attached hydrogen (secondary N) is 2. The minimum absolute atomic E-state index is 0.000847. The first kappa shape index (κ1) is 24.0. The molecule has 4 aromatic rings. The Morgan fingerprint density at radius 2 is 1.82 bits per heavy atom. The Morgan fingerprint density at radius 3 is 2.53 bits per heavy atom. The summed E-state index contributed by atoms with van der Waals surface area (Å²) in [6.45, 7) is 6.17. The number of thiazole rings is 1. The second-order valence-corrected chi connectivity index (χ2v) is 10.9. The van der Waals surface area contributed by atoms with Crippen molar-refractivity contribution in [3.63, 3.8) is 0 Å². The first-order valence-corrected chi connectivity index (χ1v) is 13.1. The Balaban J connectivity index is 1.61. The van der Waals surface area contributed by atoms with Crippen molar-refractivity contribution in [2.24, 2.45) is 0 Å². The van der Waals surface area contributed by atoms with Gasteiger partial charge in [-0.05, 0) is 68.8 Å². The molecule has 7 nitrogen and oxygen atoms in total. The number of halogens is 1. The van der Waals surface area contributed by atoms with E-state index >= 15 is 0 Å². The lowest BCUT2D eigenvalue weighted by molar-refractivity contribution is 0.102. The average Bonchev–Trinajstić information content (AvgIpc) is 3.09. The molecule has 0 aliphatic carbocycles. The molecule has 4 rings (SSSR count). The molecule has 3 aromatic carbocycles. The number of aryl methyl sites for hydroxylation is 3. The molecule has 0 atom stereocenters. The number of hydrogen-bond donors (Lipinski definition) is 2. The number of rotatable bonds is 6. The lowest BCUT2D eigenvalue weighted by Crippen LogP contribution is -2.17. The van der Waals surface area contributed by atoms with Crippen molar-refractivity contribution in [1.82, 2.24) is 4.57 Å². The summed E-state index contributed by atoms with van der Waals surface area (Å²) in [6.07, 6.45) is 0. The van der Waals surface area contributed by atoms with E-state index in [1.807, 2.05) is 19.9 Å². The summed E-state index contributed by atoms with van der Waals surface area (Å²) in [5.41, 5.74) is 3.63. The third-order valence-electron chi connectivity index (χ3n) is 5.35. The average molecular weight is 516 g/mol. The molecular weight excluding hydrogens is 494 g/mol. The van der Waals surface area contributed by atoms with Gasteiger partial charge in [-0.1, -0.05) is 40.6 Å². The Kier molecular flexibility index (Phi) is 6.53. The van der Waals surface area contributed by atoms with Crippen LogP contribution >= 0.6 is 22.9 Å². The monoisotopic (exact) mass is 515 g/mol. The number of amides is 1. The van der Waals surface area contributed by atoms with E-state index in [0.717, 1.165) is 32.7 Å². The number of sulfonamides is 1. The third-order valence-corrected chi connectivity index (χ3v) is 8.14. The highest BCUT2D eigenvalue weighted by atomic mass is 35.5. The van der Waals surface area contributed by atoms with Gasteiger partial charge in [0.2, 0.25) is 0 Å². The number of aromatic nitrogens is 1. The molecule has 0 aliphatic heterocycles. The maximum absolute atomic E-state index is 13.0. The molecule has 1 heterocycles. The predicted octanol–water partition coefficient (Wildman–Crippen LogP) is 5.41. The lowest BCUT2D eigenvalue weighted by atomic mass is 10.1. The molecule has 1 aromatic heterocycles. The molecule has 0 fully saturated rings. The van der Waals surface area contributed by atoms with Crippen molar-refractivity contribution in [1.29, 1.82) is 0 Å². The topological polar surface area (TPSA) is 97.3 Å². The van der Waals surface area contributed by atoms with E-state index in [9.17, 15) is 18.0 Å². The quantitative estimate of drug-likeness (QED) is 0.359. The van der Waals surface area contributed by atoms with Crippen LogP contribution < -0.4 is 14.9 Å². The van der Waals surface area contributed by atoms with Crippen LogP contribution in [0.4, 0.5) is 11.4 Å². The van der Waals surface area contributed by atoms with Crippen LogP contribution in [0.1, 0.15) is 28.4 Å². The zero-order valence-corrected chi connectivity index (χ0v) is 21.1. The van der Waals surface area contributed by atoms with Gasteiger partial charge in [0.05, 0.1) is 20.9 Å². The van der Waals surface area contributed by atoms with Crippen LogP contribution in [0.15, 0.2) is 64.3 Å². The summed E-state index contributed by atoms with van der Waals surface area (Å²) in [4.78, 5) is 24.7. The van der Waals surface area contributed by atoms with E-state index in [0.29, 0.717) is 17.9 Å². The molecule has 0 aliphatic rings. The molecular formula is C24H22ClN3O4S2. The second kappa shape index (κ2) is 9.25. The van der Waals surface area contributed by atoms with Crippen molar-refractivity contribution < 1.29 is 13.2 Å². The van der Waals surface area contributed by atoms with Crippen molar-refractivity contribution >= 4 is 60.5 Å². The molecule has 176 valence electrons. The SMILES string of the molecule is CCn1c(=O)sc2cc(NC(=O)c3ccc(Cl)c(S(=O)(=O)Nc4ccc(C)cc4C)c3)ccc21. The first-order chi connectivity index (χ1) is 16.1. The van der Waals surface area contributed by atoms with Gasteiger partial charge in [-0.3, -0.25) is 18.9 Å². The summed E-state index contributed by atoms with van der Waals surface area (Å²) < 4.78 is 31.0. The molecule has 0 spiro atoms. The largest absolute Gasteiger partial charge is 0.322 e. The summed E-state index contributed by atoms with van der Waals surface area (Å²) in [5.74, 6) is -0.499. The molecule has 10 heteroatoms. The van der Waals surface area contributed by atoms with E-state index in [-0.39, 0.29) is 20.4 Å². The fourth-order valence-corrected chi connectivity index (χ4v) is 6.28. The standard InChI is InChI=1S/C24H22ClN3O4S2/c1-4-28-20-10-7-17(13-21(20)33-24(28)30)26-23(29)16-6-8-18(25)22(12-16)34(31,32)27-19-9-5-14(2)11-15(19)3/h5-13,27H,4H2,1-3H3,(H,26,29). The number of fused-ring (bicyclic) bond motifs is 1. The second-order valence-electron chi connectivity index (χ2n) is 7.82. The number of benzene rings is 3. The van der Waals surface area contributed by atoms with E-state index in [1.54, 1.807) is 41.8 Å². The zero-order valence-electron chi connectivity index (χ0n) is 18.7. The van der Waals surface area contributed by atoms with Gasteiger partial charge >= 0.3 is 4.87 Å². The van der Waals surface area contributed by atoms with Crippen LogP contribution in [0.25, 0.3) is 10.2 Å². The third kappa shape index (κ3) is 4.72. The highest BCUT2D eigenvalue weighted by Gasteiger charge is 2.21. The van der Waals surface area contributed by atoms with Gasteiger partial charge in [-0.25, -0.2) is 8.42 Å². The summed E-state index contributed by atoms with van der Waals surface area (Å²) in [6, 6.07) is 14.6. The summed E-state index contributed by atoms with van der Waals surface area (Å²) >= 11 is 7.29. The van der Waals surface area contributed by atoms with Crippen LogP contribution in [0.3, 0.4) is 0 Å². The van der Waals surface area contributed by atoms with Crippen LogP contribution in [0, 0.1) is 13.8 Å². The highest BCUT2D eigenvalue weighted by Crippen LogP contribution is 2.28. The molecule has 1 amide bonds. The Hall–Kier alpha value is -3.14. The fourth-order valence-electron chi connectivity index (χ4n) is 3.63. The first-order valence-electron chi connectivity index (χ1n) is 10.4.